The van der Waals surface area contributed by atoms with Crippen LogP contribution in [0.1, 0.15) is 32.1 Å². The van der Waals surface area contributed by atoms with Gasteiger partial charge in [-0.3, -0.25) is 0 Å². The molecule has 0 unspecified atom stereocenters. The number of nitrogens with zero attached hydrogens (tertiary/aromatic N) is 2. The van der Waals surface area contributed by atoms with E-state index < -0.39 is 0 Å². The molecule has 1 aliphatic heterocycles. The van der Waals surface area contributed by atoms with Gasteiger partial charge < -0.3 is 15.1 Å². The summed E-state index contributed by atoms with van der Waals surface area (Å²) in [6.45, 7) is 8.72. The third-order valence-corrected chi connectivity index (χ3v) is 4.28. The Labute approximate surface area is 107 Å². The Balaban J connectivity index is 1.59. The Bertz CT molecular complexity index is 194. The molecule has 2 fully saturated rings. The molecule has 1 saturated heterocycles. The van der Waals surface area contributed by atoms with Crippen molar-refractivity contribution in [3.05, 3.63) is 0 Å². The number of rotatable bonds is 5. The fourth-order valence-corrected chi connectivity index (χ4v) is 3.16. The van der Waals surface area contributed by atoms with Gasteiger partial charge in [-0.25, -0.2) is 0 Å². The smallest absolute Gasteiger partial charge is 0.0110 e. The van der Waals surface area contributed by atoms with E-state index in [0.717, 1.165) is 5.92 Å². The average Bonchev–Trinajstić information content (AvgIpc) is 2.68. The van der Waals surface area contributed by atoms with Gasteiger partial charge in [-0.15, -0.1) is 0 Å². The van der Waals surface area contributed by atoms with Crippen LogP contribution in [0.5, 0.6) is 0 Å². The zero-order valence-electron chi connectivity index (χ0n) is 11.5. The Morgan fingerprint density at radius 3 is 2.76 bits per heavy atom. The summed E-state index contributed by atoms with van der Waals surface area (Å²) < 4.78 is 0. The summed E-state index contributed by atoms with van der Waals surface area (Å²) in [6.07, 6.45) is 7.19. The number of nitrogens with one attached hydrogen (secondary N) is 1. The maximum absolute atomic E-state index is 3.47. The molecule has 1 heterocycles. The van der Waals surface area contributed by atoms with Gasteiger partial charge in [0, 0.05) is 32.7 Å². The molecule has 0 amide bonds. The van der Waals surface area contributed by atoms with Crippen LogP contribution in [0.3, 0.4) is 0 Å². The number of hydrogen-bond donors (Lipinski definition) is 1. The van der Waals surface area contributed by atoms with Gasteiger partial charge in [0.2, 0.25) is 0 Å². The zero-order valence-corrected chi connectivity index (χ0v) is 11.5. The molecule has 2 aliphatic rings. The lowest BCUT2D eigenvalue weighted by Gasteiger charge is -2.25. The van der Waals surface area contributed by atoms with E-state index in [1.807, 2.05) is 0 Å². The summed E-state index contributed by atoms with van der Waals surface area (Å²) in [5.41, 5.74) is 0. The number of likely N-dealkylation sites (N-methyl/N-ethyl adjacent to an activating group) is 1. The van der Waals surface area contributed by atoms with Gasteiger partial charge in [-0.05, 0) is 45.3 Å². The molecule has 3 heteroatoms. The maximum Gasteiger partial charge on any atom is 0.0110 e. The van der Waals surface area contributed by atoms with Crippen molar-refractivity contribution in [2.75, 3.05) is 52.9 Å². The summed E-state index contributed by atoms with van der Waals surface area (Å²) in [7, 11) is 2.30. The van der Waals surface area contributed by atoms with Crippen LogP contribution < -0.4 is 5.32 Å². The van der Waals surface area contributed by atoms with Crippen molar-refractivity contribution in [3.63, 3.8) is 0 Å². The standard InChI is InChI=1S/C14H29N3/c1-16(13-14-5-2-3-6-14)11-12-17-9-4-7-15-8-10-17/h14-15H,2-13H2,1H3. The highest BCUT2D eigenvalue weighted by molar-refractivity contribution is 4.72. The van der Waals surface area contributed by atoms with Crippen molar-refractivity contribution < 1.29 is 0 Å². The second kappa shape index (κ2) is 7.34. The summed E-state index contributed by atoms with van der Waals surface area (Å²) in [5, 5.41) is 3.47. The summed E-state index contributed by atoms with van der Waals surface area (Å²) in [4.78, 5) is 5.17. The minimum Gasteiger partial charge on any atom is -0.315 e. The van der Waals surface area contributed by atoms with E-state index in [-0.39, 0.29) is 0 Å². The Morgan fingerprint density at radius 1 is 1.12 bits per heavy atom. The summed E-state index contributed by atoms with van der Waals surface area (Å²) in [6, 6.07) is 0. The quantitative estimate of drug-likeness (QED) is 0.782. The van der Waals surface area contributed by atoms with Crippen LogP contribution in [-0.4, -0.2) is 62.7 Å². The lowest BCUT2D eigenvalue weighted by atomic mass is 10.1. The minimum absolute atomic E-state index is 0.991. The van der Waals surface area contributed by atoms with Gasteiger partial charge in [0.05, 0.1) is 0 Å². The van der Waals surface area contributed by atoms with Gasteiger partial charge in [0.25, 0.3) is 0 Å². The van der Waals surface area contributed by atoms with Gasteiger partial charge >= 0.3 is 0 Å². The molecular weight excluding hydrogens is 210 g/mol. The highest BCUT2D eigenvalue weighted by atomic mass is 15.2. The molecule has 0 spiro atoms. The fourth-order valence-electron chi connectivity index (χ4n) is 3.16. The third-order valence-electron chi connectivity index (χ3n) is 4.28. The van der Waals surface area contributed by atoms with Crippen molar-refractivity contribution in [1.82, 2.24) is 15.1 Å². The largest absolute Gasteiger partial charge is 0.315 e. The molecule has 0 radical (unpaired) electrons. The van der Waals surface area contributed by atoms with E-state index in [2.05, 4.69) is 22.2 Å². The van der Waals surface area contributed by atoms with E-state index in [0.29, 0.717) is 0 Å². The lowest BCUT2D eigenvalue weighted by molar-refractivity contribution is 0.216. The Hall–Kier alpha value is -0.120. The van der Waals surface area contributed by atoms with E-state index in [1.54, 1.807) is 0 Å². The first-order chi connectivity index (χ1) is 8.34. The molecule has 17 heavy (non-hydrogen) atoms. The van der Waals surface area contributed by atoms with Gasteiger partial charge in [0.15, 0.2) is 0 Å². The monoisotopic (exact) mass is 239 g/mol. The van der Waals surface area contributed by atoms with Crippen molar-refractivity contribution in [2.24, 2.45) is 5.92 Å². The van der Waals surface area contributed by atoms with E-state index in [1.165, 1.54) is 77.9 Å². The van der Waals surface area contributed by atoms with E-state index in [9.17, 15) is 0 Å². The first-order valence-corrected chi connectivity index (χ1v) is 7.46. The van der Waals surface area contributed by atoms with Crippen LogP contribution in [-0.2, 0) is 0 Å². The zero-order chi connectivity index (χ0) is 11.9. The van der Waals surface area contributed by atoms with Crippen LogP contribution in [0, 0.1) is 5.92 Å². The molecule has 0 aromatic rings. The van der Waals surface area contributed by atoms with E-state index >= 15 is 0 Å². The van der Waals surface area contributed by atoms with Gasteiger partial charge in [-0.1, -0.05) is 12.8 Å². The van der Waals surface area contributed by atoms with Crippen LogP contribution in [0.25, 0.3) is 0 Å². The topological polar surface area (TPSA) is 18.5 Å². The molecule has 100 valence electrons. The predicted molar refractivity (Wildman–Crippen MR) is 73.4 cm³/mol. The van der Waals surface area contributed by atoms with E-state index in [4.69, 9.17) is 0 Å². The fraction of sp³-hybridized carbons (Fsp3) is 1.00. The molecule has 1 aliphatic carbocycles. The van der Waals surface area contributed by atoms with Crippen LogP contribution in [0.4, 0.5) is 0 Å². The minimum atomic E-state index is 0.991. The van der Waals surface area contributed by atoms with Crippen molar-refractivity contribution in [3.8, 4) is 0 Å². The van der Waals surface area contributed by atoms with Crippen molar-refractivity contribution in [2.45, 2.75) is 32.1 Å². The molecule has 1 N–H and O–H groups in total. The maximum atomic E-state index is 3.47. The first-order valence-electron chi connectivity index (χ1n) is 7.46. The van der Waals surface area contributed by atoms with Gasteiger partial charge in [-0.2, -0.15) is 0 Å². The first kappa shape index (κ1) is 13.3. The second-order valence-corrected chi connectivity index (χ2v) is 5.86. The SMILES string of the molecule is CN(CCN1CCCNCC1)CC1CCCC1. The normalized spacial score (nSPS) is 24.4. The number of hydrogen-bond acceptors (Lipinski definition) is 3. The van der Waals surface area contributed by atoms with Crippen LogP contribution >= 0.6 is 0 Å². The van der Waals surface area contributed by atoms with Crippen molar-refractivity contribution in [1.29, 1.82) is 0 Å². The lowest BCUT2D eigenvalue weighted by Crippen LogP contribution is -2.36. The molecule has 0 atom stereocenters. The van der Waals surface area contributed by atoms with Crippen LogP contribution in [0.15, 0.2) is 0 Å². The highest BCUT2D eigenvalue weighted by Crippen LogP contribution is 2.24. The molecule has 0 bridgehead atoms. The Morgan fingerprint density at radius 2 is 1.94 bits per heavy atom. The summed E-state index contributed by atoms with van der Waals surface area (Å²) in [5.74, 6) is 0.991. The molecule has 0 aromatic heterocycles. The van der Waals surface area contributed by atoms with Crippen molar-refractivity contribution >= 4 is 0 Å². The highest BCUT2D eigenvalue weighted by Gasteiger charge is 2.17. The molecule has 1 saturated carbocycles. The second-order valence-electron chi connectivity index (χ2n) is 5.86. The molecule has 0 aromatic carbocycles. The predicted octanol–water partition coefficient (Wildman–Crippen LogP) is 1.40. The Kier molecular flexibility index (Phi) is 5.75. The molecule has 2 rings (SSSR count). The third kappa shape index (κ3) is 4.94. The molecule has 3 nitrogen and oxygen atoms in total. The average molecular weight is 239 g/mol. The summed E-state index contributed by atoms with van der Waals surface area (Å²) >= 11 is 0. The van der Waals surface area contributed by atoms with Crippen LogP contribution in [0.2, 0.25) is 0 Å². The molecular formula is C14H29N3. The van der Waals surface area contributed by atoms with Gasteiger partial charge in [0.1, 0.15) is 0 Å².